The molecule has 0 aliphatic carbocycles. The monoisotopic (exact) mass is 227 g/mol. The van der Waals surface area contributed by atoms with Gasteiger partial charge in [-0.15, -0.1) is 0 Å². The molecule has 1 aromatic carbocycles. The van der Waals surface area contributed by atoms with Crippen LogP contribution in [0.5, 0.6) is 0 Å². The molecule has 0 atom stereocenters. The number of rotatable bonds is 3. The lowest BCUT2D eigenvalue weighted by molar-refractivity contribution is 1.06. The molecular weight excluding hydrogens is 210 g/mol. The molecule has 0 bridgehead atoms. The van der Waals surface area contributed by atoms with Gasteiger partial charge in [0.15, 0.2) is 5.82 Å². The summed E-state index contributed by atoms with van der Waals surface area (Å²) in [5, 5.41) is 0. The van der Waals surface area contributed by atoms with E-state index in [0.29, 0.717) is 0 Å². The highest BCUT2D eigenvalue weighted by Gasteiger charge is 2.11. The van der Waals surface area contributed by atoms with Gasteiger partial charge < -0.3 is 9.80 Å². The van der Waals surface area contributed by atoms with Crippen LogP contribution in [0.3, 0.4) is 0 Å². The molecule has 1 heterocycles. The lowest BCUT2D eigenvalue weighted by Crippen LogP contribution is -2.17. The topological polar surface area (TPSA) is 19.4 Å². The molecule has 1 aromatic heterocycles. The molecule has 0 aliphatic heterocycles. The molecule has 0 spiro atoms. The molecule has 3 nitrogen and oxygen atoms in total. The van der Waals surface area contributed by atoms with Gasteiger partial charge in [0, 0.05) is 33.0 Å². The van der Waals surface area contributed by atoms with E-state index in [-0.39, 0.29) is 0 Å². The van der Waals surface area contributed by atoms with E-state index in [2.05, 4.69) is 33.0 Å². The summed E-state index contributed by atoms with van der Waals surface area (Å²) in [5.74, 6) is 0.962. The Balaban J connectivity index is 2.41. The van der Waals surface area contributed by atoms with Gasteiger partial charge in [-0.1, -0.05) is 18.2 Å². The molecule has 3 heteroatoms. The van der Waals surface area contributed by atoms with Crippen LogP contribution in [-0.4, -0.2) is 26.1 Å². The molecule has 0 radical (unpaired) electrons. The van der Waals surface area contributed by atoms with Crippen LogP contribution in [0.1, 0.15) is 0 Å². The smallest absolute Gasteiger partial charge is 0.156 e. The van der Waals surface area contributed by atoms with Crippen molar-refractivity contribution < 1.29 is 0 Å². The number of anilines is 3. The maximum Gasteiger partial charge on any atom is 0.156 e. The van der Waals surface area contributed by atoms with E-state index in [1.54, 1.807) is 0 Å². The van der Waals surface area contributed by atoms with E-state index < -0.39 is 0 Å². The van der Waals surface area contributed by atoms with Gasteiger partial charge in [-0.3, -0.25) is 0 Å². The molecule has 0 saturated carbocycles. The Morgan fingerprint density at radius 2 is 1.59 bits per heavy atom. The Morgan fingerprint density at radius 1 is 0.882 bits per heavy atom. The number of hydrogen-bond donors (Lipinski definition) is 0. The summed E-state index contributed by atoms with van der Waals surface area (Å²) < 4.78 is 0. The SMILES string of the molecule is CN(C)c1cccnc1N(C)c1ccccc1. The Bertz CT molecular complexity index is 480. The normalized spacial score (nSPS) is 10.1. The average Bonchev–Trinajstić information content (AvgIpc) is 2.39. The van der Waals surface area contributed by atoms with Gasteiger partial charge >= 0.3 is 0 Å². The third-order valence-electron chi connectivity index (χ3n) is 2.71. The van der Waals surface area contributed by atoms with E-state index in [1.807, 2.05) is 51.6 Å². The molecule has 88 valence electrons. The molecule has 0 saturated heterocycles. The van der Waals surface area contributed by atoms with E-state index in [4.69, 9.17) is 0 Å². The van der Waals surface area contributed by atoms with Gasteiger partial charge in [0.05, 0.1) is 5.69 Å². The zero-order valence-electron chi connectivity index (χ0n) is 10.5. The highest BCUT2D eigenvalue weighted by Crippen LogP contribution is 2.29. The van der Waals surface area contributed by atoms with Crippen molar-refractivity contribution in [2.24, 2.45) is 0 Å². The number of hydrogen-bond acceptors (Lipinski definition) is 3. The van der Waals surface area contributed by atoms with Crippen LogP contribution in [-0.2, 0) is 0 Å². The van der Waals surface area contributed by atoms with Crippen molar-refractivity contribution in [1.29, 1.82) is 0 Å². The maximum absolute atomic E-state index is 4.46. The van der Waals surface area contributed by atoms with Crippen LogP contribution in [0, 0.1) is 0 Å². The molecule has 0 N–H and O–H groups in total. The minimum atomic E-state index is 0.962. The van der Waals surface area contributed by atoms with Crippen molar-refractivity contribution in [1.82, 2.24) is 4.98 Å². The first-order valence-electron chi connectivity index (χ1n) is 5.61. The number of benzene rings is 1. The summed E-state index contributed by atoms with van der Waals surface area (Å²) in [6.45, 7) is 0. The number of pyridine rings is 1. The summed E-state index contributed by atoms with van der Waals surface area (Å²) in [5.41, 5.74) is 2.24. The Hall–Kier alpha value is -2.03. The summed E-state index contributed by atoms with van der Waals surface area (Å²) in [6.07, 6.45) is 1.82. The Morgan fingerprint density at radius 3 is 2.24 bits per heavy atom. The first kappa shape index (κ1) is 11.5. The highest BCUT2D eigenvalue weighted by molar-refractivity contribution is 5.72. The summed E-state index contributed by atoms with van der Waals surface area (Å²) in [4.78, 5) is 8.62. The predicted molar refractivity (Wildman–Crippen MR) is 73.1 cm³/mol. The van der Waals surface area contributed by atoms with Crippen molar-refractivity contribution in [2.75, 3.05) is 30.9 Å². The van der Waals surface area contributed by atoms with Gasteiger partial charge in [0.1, 0.15) is 0 Å². The van der Waals surface area contributed by atoms with Gasteiger partial charge in [-0.2, -0.15) is 0 Å². The summed E-state index contributed by atoms with van der Waals surface area (Å²) in [7, 11) is 6.09. The van der Waals surface area contributed by atoms with Crippen molar-refractivity contribution >= 4 is 17.2 Å². The Labute approximate surface area is 102 Å². The van der Waals surface area contributed by atoms with E-state index in [9.17, 15) is 0 Å². The van der Waals surface area contributed by atoms with Crippen molar-refractivity contribution in [3.63, 3.8) is 0 Å². The molecule has 2 rings (SSSR count). The molecule has 2 aromatic rings. The van der Waals surface area contributed by atoms with Crippen molar-refractivity contribution in [3.05, 3.63) is 48.7 Å². The van der Waals surface area contributed by atoms with Crippen LogP contribution in [0.25, 0.3) is 0 Å². The molecule has 0 amide bonds. The number of nitrogens with zero attached hydrogens (tertiary/aromatic N) is 3. The van der Waals surface area contributed by atoms with Crippen LogP contribution < -0.4 is 9.80 Å². The first-order chi connectivity index (χ1) is 8.20. The largest absolute Gasteiger partial charge is 0.375 e. The van der Waals surface area contributed by atoms with Gasteiger partial charge in [0.25, 0.3) is 0 Å². The van der Waals surface area contributed by atoms with Crippen LogP contribution in [0.4, 0.5) is 17.2 Å². The average molecular weight is 227 g/mol. The molecule has 0 fully saturated rings. The standard InChI is InChI=1S/C14H17N3/c1-16(2)13-10-7-11-15-14(13)17(3)12-8-5-4-6-9-12/h4-11H,1-3H3. The second kappa shape index (κ2) is 4.87. The van der Waals surface area contributed by atoms with Crippen molar-refractivity contribution in [2.45, 2.75) is 0 Å². The van der Waals surface area contributed by atoms with Crippen LogP contribution >= 0.6 is 0 Å². The summed E-state index contributed by atoms with van der Waals surface area (Å²) in [6, 6.07) is 14.3. The van der Waals surface area contributed by atoms with E-state index in [0.717, 1.165) is 17.2 Å². The number of aromatic nitrogens is 1. The Kier molecular flexibility index (Phi) is 3.28. The second-order valence-electron chi connectivity index (χ2n) is 4.14. The van der Waals surface area contributed by atoms with Crippen LogP contribution in [0.15, 0.2) is 48.7 Å². The minimum absolute atomic E-state index is 0.962. The first-order valence-corrected chi connectivity index (χ1v) is 5.61. The molecular formula is C14H17N3. The lowest BCUT2D eigenvalue weighted by atomic mass is 10.2. The fourth-order valence-corrected chi connectivity index (χ4v) is 1.77. The molecule has 0 aliphatic rings. The predicted octanol–water partition coefficient (Wildman–Crippen LogP) is 2.92. The third kappa shape index (κ3) is 2.38. The zero-order chi connectivity index (χ0) is 12.3. The molecule has 0 unspecified atom stereocenters. The fourth-order valence-electron chi connectivity index (χ4n) is 1.77. The lowest BCUT2D eigenvalue weighted by Gasteiger charge is -2.24. The van der Waals surface area contributed by atoms with E-state index >= 15 is 0 Å². The van der Waals surface area contributed by atoms with E-state index in [1.165, 1.54) is 0 Å². The van der Waals surface area contributed by atoms with Gasteiger partial charge in [-0.25, -0.2) is 4.98 Å². The highest BCUT2D eigenvalue weighted by atomic mass is 15.2. The fraction of sp³-hybridized carbons (Fsp3) is 0.214. The van der Waals surface area contributed by atoms with Crippen LogP contribution in [0.2, 0.25) is 0 Å². The number of para-hydroxylation sites is 1. The quantitative estimate of drug-likeness (QED) is 0.803. The van der Waals surface area contributed by atoms with Crippen molar-refractivity contribution in [3.8, 4) is 0 Å². The van der Waals surface area contributed by atoms with Gasteiger partial charge in [-0.05, 0) is 24.3 Å². The second-order valence-corrected chi connectivity index (χ2v) is 4.14. The zero-order valence-corrected chi connectivity index (χ0v) is 10.5. The third-order valence-corrected chi connectivity index (χ3v) is 2.71. The van der Waals surface area contributed by atoms with Gasteiger partial charge in [0.2, 0.25) is 0 Å². The minimum Gasteiger partial charge on any atom is -0.375 e. The summed E-state index contributed by atoms with van der Waals surface area (Å²) >= 11 is 0. The maximum atomic E-state index is 4.46. The molecule has 17 heavy (non-hydrogen) atoms.